The van der Waals surface area contributed by atoms with Crippen molar-refractivity contribution in [1.29, 1.82) is 0 Å². The Balaban J connectivity index is 2.38. The zero-order valence-corrected chi connectivity index (χ0v) is 12.2. The molecule has 1 saturated carbocycles. The Morgan fingerprint density at radius 1 is 1.40 bits per heavy atom. The Hall–Kier alpha value is -1.44. The van der Waals surface area contributed by atoms with Gasteiger partial charge in [-0.1, -0.05) is 6.92 Å². The Morgan fingerprint density at radius 2 is 2.10 bits per heavy atom. The fourth-order valence-corrected chi connectivity index (χ4v) is 3.39. The topological polar surface area (TPSA) is 122 Å². The third-order valence-electron chi connectivity index (χ3n) is 3.13. The number of nitrogens with one attached hydrogen (secondary N) is 2. The predicted molar refractivity (Wildman–Crippen MR) is 76.5 cm³/mol. The van der Waals surface area contributed by atoms with Crippen LogP contribution in [-0.4, -0.2) is 46.1 Å². The van der Waals surface area contributed by atoms with Crippen LogP contribution in [-0.2, 0) is 9.59 Å². The summed E-state index contributed by atoms with van der Waals surface area (Å²) in [7, 11) is 0. The van der Waals surface area contributed by atoms with Crippen molar-refractivity contribution in [3.63, 3.8) is 0 Å². The fourth-order valence-electron chi connectivity index (χ4n) is 2.24. The highest BCUT2D eigenvalue weighted by Crippen LogP contribution is 2.29. The molecule has 8 heteroatoms. The smallest absolute Gasteiger partial charge is 0.326 e. The third-order valence-corrected chi connectivity index (χ3v) is 4.36. The van der Waals surface area contributed by atoms with Gasteiger partial charge in [0, 0.05) is 11.3 Å². The molecule has 2 unspecified atom stereocenters. The number of urea groups is 1. The highest BCUT2D eigenvalue weighted by atomic mass is 32.2. The van der Waals surface area contributed by atoms with Crippen molar-refractivity contribution in [2.24, 2.45) is 5.73 Å². The molecule has 0 heterocycles. The van der Waals surface area contributed by atoms with Crippen LogP contribution < -0.4 is 16.4 Å². The molecule has 20 heavy (non-hydrogen) atoms. The first kappa shape index (κ1) is 16.6. The first-order chi connectivity index (χ1) is 9.42. The van der Waals surface area contributed by atoms with Gasteiger partial charge in [-0.2, -0.15) is 11.8 Å². The maximum absolute atomic E-state index is 11.7. The maximum Gasteiger partial charge on any atom is 0.326 e. The van der Waals surface area contributed by atoms with E-state index in [9.17, 15) is 14.4 Å². The van der Waals surface area contributed by atoms with E-state index in [0.717, 1.165) is 25.0 Å². The molecule has 1 aliphatic carbocycles. The normalized spacial score (nSPS) is 23.1. The van der Waals surface area contributed by atoms with Gasteiger partial charge in [0.2, 0.25) is 5.91 Å². The van der Waals surface area contributed by atoms with E-state index in [0.29, 0.717) is 5.25 Å². The van der Waals surface area contributed by atoms with Gasteiger partial charge < -0.3 is 21.5 Å². The van der Waals surface area contributed by atoms with Crippen LogP contribution in [0, 0.1) is 0 Å². The average Bonchev–Trinajstić information content (AvgIpc) is 2.75. The molecule has 0 saturated heterocycles. The van der Waals surface area contributed by atoms with Crippen LogP contribution in [0.15, 0.2) is 0 Å². The Bertz CT molecular complexity index is 378. The van der Waals surface area contributed by atoms with Gasteiger partial charge >= 0.3 is 12.0 Å². The van der Waals surface area contributed by atoms with Crippen molar-refractivity contribution in [3.05, 3.63) is 0 Å². The van der Waals surface area contributed by atoms with Crippen LogP contribution >= 0.6 is 11.8 Å². The van der Waals surface area contributed by atoms with Crippen molar-refractivity contribution >= 4 is 29.7 Å². The van der Waals surface area contributed by atoms with Crippen LogP contribution in [0.25, 0.3) is 0 Å². The van der Waals surface area contributed by atoms with E-state index in [4.69, 9.17) is 10.8 Å². The second-order valence-electron chi connectivity index (χ2n) is 4.77. The number of hydrogen-bond acceptors (Lipinski definition) is 4. The minimum Gasteiger partial charge on any atom is -0.480 e. The van der Waals surface area contributed by atoms with Crippen molar-refractivity contribution in [3.8, 4) is 0 Å². The lowest BCUT2D eigenvalue weighted by molar-refractivity contribution is -0.140. The molecule has 0 aromatic rings. The molecule has 3 atom stereocenters. The molecule has 7 nitrogen and oxygen atoms in total. The van der Waals surface area contributed by atoms with E-state index in [1.807, 2.05) is 11.8 Å². The van der Waals surface area contributed by atoms with Crippen molar-refractivity contribution in [2.75, 3.05) is 5.75 Å². The summed E-state index contributed by atoms with van der Waals surface area (Å²) in [6.07, 6.45) is 2.41. The SMILES string of the molecule is CCSC1CCC(NC(=O)N[C@@H](CC(N)=O)C(=O)O)C1. The lowest BCUT2D eigenvalue weighted by Crippen LogP contribution is -2.49. The molecule has 0 aliphatic heterocycles. The molecular formula is C12H21N3O4S. The van der Waals surface area contributed by atoms with E-state index in [1.54, 1.807) is 0 Å². The molecule has 0 bridgehead atoms. The van der Waals surface area contributed by atoms with E-state index in [-0.39, 0.29) is 6.04 Å². The van der Waals surface area contributed by atoms with Crippen LogP contribution in [0.5, 0.6) is 0 Å². The number of hydrogen-bond donors (Lipinski definition) is 4. The zero-order valence-electron chi connectivity index (χ0n) is 11.4. The van der Waals surface area contributed by atoms with E-state index in [2.05, 4.69) is 17.6 Å². The molecule has 1 fully saturated rings. The standard InChI is InChI=1S/C12H21N3O4S/c1-2-20-8-4-3-7(5-8)14-12(19)15-9(11(17)18)6-10(13)16/h7-9H,2-6H2,1H3,(H2,13,16)(H,17,18)(H2,14,15,19)/t7?,8?,9-/m0/s1. The van der Waals surface area contributed by atoms with Gasteiger partial charge in [-0.3, -0.25) is 4.79 Å². The zero-order chi connectivity index (χ0) is 15.1. The number of primary amides is 1. The quantitative estimate of drug-likeness (QED) is 0.538. The summed E-state index contributed by atoms with van der Waals surface area (Å²) < 4.78 is 0. The third kappa shape index (κ3) is 5.68. The summed E-state index contributed by atoms with van der Waals surface area (Å²) >= 11 is 1.87. The van der Waals surface area contributed by atoms with E-state index in [1.165, 1.54) is 0 Å². The van der Waals surface area contributed by atoms with E-state index >= 15 is 0 Å². The van der Waals surface area contributed by atoms with Crippen molar-refractivity contribution in [1.82, 2.24) is 10.6 Å². The summed E-state index contributed by atoms with van der Waals surface area (Å²) in [6, 6.07) is -1.79. The van der Waals surface area contributed by atoms with Gasteiger partial charge in [0.1, 0.15) is 6.04 Å². The Kier molecular flexibility index (Phi) is 6.63. The van der Waals surface area contributed by atoms with Crippen LogP contribution in [0.2, 0.25) is 0 Å². The van der Waals surface area contributed by atoms with Gasteiger partial charge in [0.25, 0.3) is 0 Å². The number of aliphatic carboxylic acids is 1. The molecule has 114 valence electrons. The summed E-state index contributed by atoms with van der Waals surface area (Å²) in [4.78, 5) is 33.3. The fraction of sp³-hybridized carbons (Fsp3) is 0.750. The molecule has 5 N–H and O–H groups in total. The number of rotatable bonds is 7. The first-order valence-electron chi connectivity index (χ1n) is 6.62. The molecule has 1 aliphatic rings. The minimum absolute atomic E-state index is 0.0575. The summed E-state index contributed by atoms with van der Waals surface area (Å²) in [5.74, 6) is -0.994. The van der Waals surface area contributed by atoms with Gasteiger partial charge in [-0.25, -0.2) is 9.59 Å². The monoisotopic (exact) mass is 303 g/mol. The summed E-state index contributed by atoms with van der Waals surface area (Å²) in [6.45, 7) is 2.10. The molecular weight excluding hydrogens is 282 g/mol. The predicted octanol–water partition coefficient (Wildman–Crippen LogP) is 0.288. The number of carboxylic acids is 1. The van der Waals surface area contributed by atoms with Crippen molar-refractivity contribution in [2.45, 2.75) is 49.9 Å². The maximum atomic E-state index is 11.7. The first-order valence-corrected chi connectivity index (χ1v) is 7.67. The van der Waals surface area contributed by atoms with E-state index < -0.39 is 30.4 Å². The highest BCUT2D eigenvalue weighted by molar-refractivity contribution is 7.99. The molecule has 3 amide bonds. The molecule has 1 rings (SSSR count). The largest absolute Gasteiger partial charge is 0.480 e. The van der Waals surface area contributed by atoms with Gasteiger partial charge in [-0.15, -0.1) is 0 Å². The molecule has 0 spiro atoms. The molecule has 0 aromatic carbocycles. The summed E-state index contributed by atoms with van der Waals surface area (Å²) in [5.41, 5.74) is 4.95. The molecule has 0 aromatic heterocycles. The van der Waals surface area contributed by atoms with Crippen LogP contribution in [0.3, 0.4) is 0 Å². The van der Waals surface area contributed by atoms with Gasteiger partial charge in [0.15, 0.2) is 0 Å². The van der Waals surface area contributed by atoms with Crippen LogP contribution in [0.1, 0.15) is 32.6 Å². The summed E-state index contributed by atoms with van der Waals surface area (Å²) in [5, 5.41) is 14.4. The second kappa shape index (κ2) is 7.98. The molecule has 0 radical (unpaired) electrons. The number of amides is 3. The average molecular weight is 303 g/mol. The second-order valence-corrected chi connectivity index (χ2v) is 6.34. The Labute approximate surface area is 122 Å². The number of carbonyl (C=O) groups excluding carboxylic acids is 2. The van der Waals surface area contributed by atoms with Gasteiger partial charge in [0.05, 0.1) is 6.42 Å². The number of carbonyl (C=O) groups is 3. The highest BCUT2D eigenvalue weighted by Gasteiger charge is 2.27. The Morgan fingerprint density at radius 3 is 2.65 bits per heavy atom. The lowest BCUT2D eigenvalue weighted by Gasteiger charge is -2.17. The number of nitrogens with two attached hydrogens (primary N) is 1. The number of carboxylic acid groups (broad SMARTS) is 1. The van der Waals surface area contributed by atoms with Gasteiger partial charge in [-0.05, 0) is 25.0 Å². The van der Waals surface area contributed by atoms with Crippen LogP contribution in [0.4, 0.5) is 4.79 Å². The lowest BCUT2D eigenvalue weighted by atomic mass is 10.2. The number of thioether (sulfide) groups is 1. The minimum atomic E-state index is -1.28. The van der Waals surface area contributed by atoms with Crippen molar-refractivity contribution < 1.29 is 19.5 Å².